The van der Waals surface area contributed by atoms with E-state index in [0.717, 1.165) is 24.6 Å². The number of ether oxygens (including phenoxy) is 1. The number of aryl methyl sites for hydroxylation is 1. The predicted octanol–water partition coefficient (Wildman–Crippen LogP) is 2.24. The van der Waals surface area contributed by atoms with Crippen molar-refractivity contribution in [2.75, 3.05) is 6.61 Å². The molecule has 2 rings (SSSR count). The van der Waals surface area contributed by atoms with Gasteiger partial charge in [-0.15, -0.1) is 0 Å². The van der Waals surface area contributed by atoms with Crippen LogP contribution in [0.4, 0.5) is 4.79 Å². The van der Waals surface area contributed by atoms with Crippen molar-refractivity contribution in [3.8, 4) is 0 Å². The molecule has 21 heavy (non-hydrogen) atoms. The Morgan fingerprint density at radius 1 is 1.57 bits per heavy atom. The first-order chi connectivity index (χ1) is 9.89. The molecule has 0 spiro atoms. The lowest BCUT2D eigenvalue weighted by atomic mass is 10.2. The molecule has 1 aliphatic rings. The van der Waals surface area contributed by atoms with E-state index in [4.69, 9.17) is 4.74 Å². The maximum absolute atomic E-state index is 11.8. The standard InChI is InChI=1S/C15H25N3O3/c1-15(2,3)21-14(20)17-12(9-19)13-8-16-10-18(13)7-6-11-4-5-11/h8,10-12,19H,4-7,9H2,1-3H3,(H,17,20). The number of carbonyl (C=O) groups is 1. The summed E-state index contributed by atoms with van der Waals surface area (Å²) in [6.07, 6.45) is 6.64. The van der Waals surface area contributed by atoms with Gasteiger partial charge in [0.1, 0.15) is 5.60 Å². The first kappa shape index (κ1) is 15.8. The van der Waals surface area contributed by atoms with Gasteiger partial charge in [0.25, 0.3) is 0 Å². The summed E-state index contributed by atoms with van der Waals surface area (Å²) >= 11 is 0. The van der Waals surface area contributed by atoms with Crippen LogP contribution in [0.1, 0.15) is 51.8 Å². The van der Waals surface area contributed by atoms with E-state index >= 15 is 0 Å². The summed E-state index contributed by atoms with van der Waals surface area (Å²) in [7, 11) is 0. The van der Waals surface area contributed by atoms with Crippen molar-refractivity contribution in [1.82, 2.24) is 14.9 Å². The molecule has 1 aliphatic carbocycles. The van der Waals surface area contributed by atoms with Crippen molar-refractivity contribution in [3.05, 3.63) is 18.2 Å². The fraction of sp³-hybridized carbons (Fsp3) is 0.733. The average molecular weight is 295 g/mol. The molecule has 2 N–H and O–H groups in total. The maximum atomic E-state index is 11.8. The van der Waals surface area contributed by atoms with Gasteiger partial charge >= 0.3 is 6.09 Å². The third kappa shape index (κ3) is 5.04. The van der Waals surface area contributed by atoms with E-state index < -0.39 is 17.7 Å². The quantitative estimate of drug-likeness (QED) is 0.844. The summed E-state index contributed by atoms with van der Waals surface area (Å²) in [6, 6.07) is -0.499. The molecular weight excluding hydrogens is 270 g/mol. The van der Waals surface area contributed by atoms with Crippen molar-refractivity contribution in [3.63, 3.8) is 0 Å². The number of amides is 1. The van der Waals surface area contributed by atoms with Gasteiger partial charge in [-0.25, -0.2) is 9.78 Å². The monoisotopic (exact) mass is 295 g/mol. The zero-order valence-electron chi connectivity index (χ0n) is 13.0. The molecular formula is C15H25N3O3. The summed E-state index contributed by atoms with van der Waals surface area (Å²) in [5.41, 5.74) is 0.250. The number of aromatic nitrogens is 2. The molecule has 1 aromatic rings. The predicted molar refractivity (Wildman–Crippen MR) is 78.8 cm³/mol. The van der Waals surface area contributed by atoms with Gasteiger partial charge in [-0.1, -0.05) is 12.8 Å². The van der Waals surface area contributed by atoms with E-state index in [-0.39, 0.29) is 6.61 Å². The Morgan fingerprint density at radius 2 is 2.29 bits per heavy atom. The van der Waals surface area contributed by atoms with Crippen LogP contribution in [0.5, 0.6) is 0 Å². The number of carbonyl (C=O) groups excluding carboxylic acids is 1. The highest BCUT2D eigenvalue weighted by Gasteiger charge is 2.24. The third-order valence-electron chi connectivity index (χ3n) is 3.45. The number of alkyl carbamates (subject to hydrolysis) is 1. The van der Waals surface area contributed by atoms with Crippen LogP contribution in [0.3, 0.4) is 0 Å². The van der Waals surface area contributed by atoms with E-state index in [0.29, 0.717) is 0 Å². The maximum Gasteiger partial charge on any atom is 0.408 e. The van der Waals surface area contributed by atoms with Crippen molar-refractivity contribution in [2.24, 2.45) is 5.92 Å². The number of hydrogen-bond acceptors (Lipinski definition) is 4. The zero-order valence-corrected chi connectivity index (χ0v) is 13.0. The molecule has 0 bridgehead atoms. The highest BCUT2D eigenvalue weighted by atomic mass is 16.6. The molecule has 0 radical (unpaired) electrons. The van der Waals surface area contributed by atoms with Gasteiger partial charge in [0.05, 0.1) is 30.9 Å². The summed E-state index contributed by atoms with van der Waals surface area (Å²) in [4.78, 5) is 16.0. The van der Waals surface area contributed by atoms with E-state index in [1.165, 1.54) is 12.8 Å². The first-order valence-corrected chi connectivity index (χ1v) is 7.49. The van der Waals surface area contributed by atoms with Crippen LogP contribution in [0.15, 0.2) is 12.5 Å². The normalized spacial score (nSPS) is 16.6. The second-order valence-electron chi connectivity index (χ2n) is 6.63. The average Bonchev–Trinajstić information content (AvgIpc) is 3.09. The third-order valence-corrected chi connectivity index (χ3v) is 3.45. The van der Waals surface area contributed by atoms with E-state index in [1.54, 1.807) is 33.3 Å². The number of aliphatic hydroxyl groups is 1. The molecule has 1 aromatic heterocycles. The largest absolute Gasteiger partial charge is 0.444 e. The SMILES string of the molecule is CC(C)(C)OC(=O)NC(CO)c1cncn1CCC1CC1. The lowest BCUT2D eigenvalue weighted by Gasteiger charge is -2.23. The van der Waals surface area contributed by atoms with Gasteiger partial charge < -0.3 is 19.7 Å². The van der Waals surface area contributed by atoms with Crippen LogP contribution in [0, 0.1) is 5.92 Å². The van der Waals surface area contributed by atoms with Gasteiger partial charge in [0.2, 0.25) is 0 Å². The second kappa shape index (κ2) is 6.47. The van der Waals surface area contributed by atoms with E-state index in [2.05, 4.69) is 10.3 Å². The Bertz CT molecular complexity index is 475. The molecule has 0 aliphatic heterocycles. The van der Waals surface area contributed by atoms with Crippen LogP contribution in [-0.2, 0) is 11.3 Å². The number of hydrogen-bond donors (Lipinski definition) is 2. The zero-order chi connectivity index (χ0) is 15.5. The summed E-state index contributed by atoms with van der Waals surface area (Å²) in [5, 5.41) is 12.2. The van der Waals surface area contributed by atoms with Crippen LogP contribution in [-0.4, -0.2) is 33.0 Å². The lowest BCUT2D eigenvalue weighted by Crippen LogP contribution is -2.37. The van der Waals surface area contributed by atoms with Gasteiger partial charge in [-0.3, -0.25) is 0 Å². The molecule has 1 amide bonds. The Kier molecular flexibility index (Phi) is 4.88. The van der Waals surface area contributed by atoms with Crippen LogP contribution < -0.4 is 5.32 Å². The van der Waals surface area contributed by atoms with Crippen molar-refractivity contribution in [2.45, 2.75) is 58.2 Å². The Balaban J connectivity index is 1.96. The minimum atomic E-state index is -0.559. The molecule has 0 saturated heterocycles. The van der Waals surface area contributed by atoms with Gasteiger partial charge in [0, 0.05) is 6.54 Å². The molecule has 1 atom stereocenters. The van der Waals surface area contributed by atoms with Crippen LogP contribution >= 0.6 is 0 Å². The molecule has 1 unspecified atom stereocenters. The van der Waals surface area contributed by atoms with Crippen LogP contribution in [0.2, 0.25) is 0 Å². The van der Waals surface area contributed by atoms with Crippen molar-refractivity contribution >= 4 is 6.09 Å². The van der Waals surface area contributed by atoms with Crippen LogP contribution in [0.25, 0.3) is 0 Å². The van der Waals surface area contributed by atoms with E-state index in [1.807, 2.05) is 4.57 Å². The summed E-state index contributed by atoms with van der Waals surface area (Å²) in [5.74, 6) is 0.826. The molecule has 1 saturated carbocycles. The van der Waals surface area contributed by atoms with Crippen molar-refractivity contribution < 1.29 is 14.6 Å². The Morgan fingerprint density at radius 3 is 2.86 bits per heavy atom. The Labute approximate surface area is 125 Å². The second-order valence-corrected chi connectivity index (χ2v) is 6.63. The fourth-order valence-corrected chi connectivity index (χ4v) is 2.20. The number of nitrogens with one attached hydrogen (secondary N) is 1. The minimum Gasteiger partial charge on any atom is -0.444 e. The molecule has 1 fully saturated rings. The van der Waals surface area contributed by atoms with Gasteiger partial charge in [-0.2, -0.15) is 0 Å². The number of imidazole rings is 1. The highest BCUT2D eigenvalue weighted by Crippen LogP contribution is 2.33. The molecule has 6 nitrogen and oxygen atoms in total. The van der Waals surface area contributed by atoms with Gasteiger partial charge in [0.15, 0.2) is 0 Å². The summed E-state index contributed by atoms with van der Waals surface area (Å²) < 4.78 is 7.22. The van der Waals surface area contributed by atoms with E-state index in [9.17, 15) is 9.90 Å². The topological polar surface area (TPSA) is 76.4 Å². The number of rotatable bonds is 6. The molecule has 118 valence electrons. The minimum absolute atomic E-state index is 0.186. The molecule has 0 aromatic carbocycles. The Hall–Kier alpha value is -1.56. The van der Waals surface area contributed by atoms with Gasteiger partial charge in [-0.05, 0) is 33.1 Å². The smallest absolute Gasteiger partial charge is 0.408 e. The fourth-order valence-electron chi connectivity index (χ4n) is 2.20. The highest BCUT2D eigenvalue weighted by molar-refractivity contribution is 5.68. The lowest BCUT2D eigenvalue weighted by molar-refractivity contribution is 0.0479. The molecule has 1 heterocycles. The number of nitrogens with zero attached hydrogens (tertiary/aromatic N) is 2. The summed E-state index contributed by atoms with van der Waals surface area (Å²) in [6.45, 7) is 6.10. The van der Waals surface area contributed by atoms with Crippen molar-refractivity contribution in [1.29, 1.82) is 0 Å². The number of aliphatic hydroxyl groups excluding tert-OH is 1. The first-order valence-electron chi connectivity index (χ1n) is 7.49. The molecule has 6 heteroatoms.